The van der Waals surface area contributed by atoms with Gasteiger partial charge in [0.25, 0.3) is 0 Å². The Kier molecular flexibility index (Phi) is 8.08. The molecule has 2 aliphatic heterocycles. The molecular weight excluding hydrogens is 478 g/mol. The van der Waals surface area contributed by atoms with Gasteiger partial charge in [-0.2, -0.15) is 0 Å². The van der Waals surface area contributed by atoms with Gasteiger partial charge in [0.15, 0.2) is 11.5 Å². The highest BCUT2D eigenvalue weighted by molar-refractivity contribution is 5.78. The highest BCUT2D eigenvalue weighted by Gasteiger charge is 2.26. The van der Waals surface area contributed by atoms with Gasteiger partial charge in [-0.15, -0.1) is 0 Å². The number of aromatic nitrogens is 2. The number of benzene rings is 1. The summed E-state index contributed by atoms with van der Waals surface area (Å²) in [7, 11) is 0. The van der Waals surface area contributed by atoms with Crippen molar-refractivity contribution in [2.75, 3.05) is 50.8 Å². The van der Waals surface area contributed by atoms with Crippen molar-refractivity contribution in [3.63, 3.8) is 0 Å². The largest absolute Gasteiger partial charge is 0.489 e. The normalized spacial score (nSPS) is 18.5. The first kappa shape index (κ1) is 26.0. The Hall–Kier alpha value is -3.65. The highest BCUT2D eigenvalue weighted by Crippen LogP contribution is 2.34. The Bertz CT molecular complexity index is 1210. The van der Waals surface area contributed by atoms with Crippen molar-refractivity contribution in [2.24, 2.45) is 5.41 Å². The molecule has 0 aliphatic carbocycles. The van der Waals surface area contributed by atoms with Gasteiger partial charge in [-0.05, 0) is 55.1 Å². The molecule has 8 heteroatoms. The van der Waals surface area contributed by atoms with Crippen LogP contribution in [0.3, 0.4) is 0 Å². The maximum Gasteiger partial charge on any atom is 0.236 e. The van der Waals surface area contributed by atoms with Crippen molar-refractivity contribution >= 4 is 11.7 Å². The molecule has 0 atom stereocenters. The van der Waals surface area contributed by atoms with Gasteiger partial charge >= 0.3 is 0 Å². The van der Waals surface area contributed by atoms with E-state index in [4.69, 9.17) is 9.47 Å². The lowest BCUT2D eigenvalue weighted by molar-refractivity contribution is -0.132. The molecule has 1 saturated heterocycles. The minimum atomic E-state index is -0.0102. The van der Waals surface area contributed by atoms with Gasteiger partial charge in [0, 0.05) is 50.7 Å². The van der Waals surface area contributed by atoms with Crippen molar-refractivity contribution in [1.82, 2.24) is 19.8 Å². The quantitative estimate of drug-likeness (QED) is 0.504. The van der Waals surface area contributed by atoms with Crippen LogP contribution in [0.25, 0.3) is 0 Å². The minimum absolute atomic E-state index is 0.0102. The lowest BCUT2D eigenvalue weighted by Crippen LogP contribution is -2.51. The number of ether oxygens (including phenoxy) is 2. The summed E-state index contributed by atoms with van der Waals surface area (Å²) < 4.78 is 12.5. The highest BCUT2D eigenvalue weighted by atomic mass is 16.5. The molecule has 3 aromatic rings. The Morgan fingerprint density at radius 1 is 0.895 bits per heavy atom. The predicted molar refractivity (Wildman–Crippen MR) is 148 cm³/mol. The van der Waals surface area contributed by atoms with E-state index in [1.165, 1.54) is 0 Å². The third kappa shape index (κ3) is 6.61. The van der Waals surface area contributed by atoms with Gasteiger partial charge in [0.05, 0.1) is 13.2 Å². The fourth-order valence-corrected chi connectivity index (χ4v) is 4.99. The van der Waals surface area contributed by atoms with Gasteiger partial charge in [0.2, 0.25) is 11.8 Å². The molecule has 4 heterocycles. The molecule has 38 heavy (non-hydrogen) atoms. The van der Waals surface area contributed by atoms with E-state index in [2.05, 4.69) is 33.6 Å². The lowest BCUT2D eigenvalue weighted by atomic mass is 9.88. The Labute approximate surface area is 225 Å². The molecular formula is C30H37N5O3. The number of hydrogen-bond acceptors (Lipinski definition) is 7. The molecule has 0 N–H and O–H groups in total. The van der Waals surface area contributed by atoms with Gasteiger partial charge in [0.1, 0.15) is 5.82 Å². The maximum atomic E-state index is 13.4. The van der Waals surface area contributed by atoms with Gasteiger partial charge in [-0.25, -0.2) is 9.97 Å². The van der Waals surface area contributed by atoms with E-state index in [9.17, 15) is 4.79 Å². The van der Waals surface area contributed by atoms with E-state index in [1.54, 1.807) is 6.20 Å². The summed E-state index contributed by atoms with van der Waals surface area (Å²) in [6, 6.07) is 17.6. The number of nitrogens with zero attached hydrogens (tertiary/aromatic N) is 5. The molecule has 0 saturated carbocycles. The summed E-state index contributed by atoms with van der Waals surface area (Å²) in [6.07, 6.45) is 5.51. The van der Waals surface area contributed by atoms with Crippen molar-refractivity contribution in [1.29, 1.82) is 0 Å². The van der Waals surface area contributed by atoms with Crippen LogP contribution in [0, 0.1) is 5.41 Å². The van der Waals surface area contributed by atoms with Crippen molar-refractivity contribution in [3.8, 4) is 17.4 Å². The molecule has 1 fully saturated rings. The molecule has 8 nitrogen and oxygen atoms in total. The number of hydrogen-bond donors (Lipinski definition) is 0. The molecule has 0 unspecified atom stereocenters. The molecule has 2 aliphatic rings. The van der Waals surface area contributed by atoms with E-state index < -0.39 is 0 Å². The molecule has 200 valence electrons. The van der Waals surface area contributed by atoms with Gasteiger partial charge in [-0.3, -0.25) is 9.69 Å². The molecule has 0 bridgehead atoms. The van der Waals surface area contributed by atoms with Crippen molar-refractivity contribution in [2.45, 2.75) is 33.2 Å². The van der Waals surface area contributed by atoms with Crippen LogP contribution in [0.2, 0.25) is 0 Å². The van der Waals surface area contributed by atoms with E-state index in [0.29, 0.717) is 50.2 Å². The zero-order valence-corrected chi connectivity index (χ0v) is 22.4. The monoisotopic (exact) mass is 515 g/mol. The number of carbonyl (C=O) groups excluding carboxylic acids is 1. The first-order valence-electron chi connectivity index (χ1n) is 13.5. The number of rotatable bonds is 3. The Morgan fingerprint density at radius 3 is 2.45 bits per heavy atom. The summed E-state index contributed by atoms with van der Waals surface area (Å²) in [5, 5.41) is 0. The van der Waals surface area contributed by atoms with Crippen LogP contribution in [0.5, 0.6) is 17.4 Å². The predicted octanol–water partition coefficient (Wildman–Crippen LogP) is 4.62. The van der Waals surface area contributed by atoms with Crippen LogP contribution in [0.4, 0.5) is 5.82 Å². The summed E-state index contributed by atoms with van der Waals surface area (Å²) in [5.41, 5.74) is 0.942. The topological polar surface area (TPSA) is 71.0 Å². The van der Waals surface area contributed by atoms with E-state index in [0.717, 1.165) is 43.9 Å². The average Bonchev–Trinajstić information content (AvgIpc) is 2.94. The second-order valence-corrected chi connectivity index (χ2v) is 10.8. The summed E-state index contributed by atoms with van der Waals surface area (Å²) >= 11 is 0. The summed E-state index contributed by atoms with van der Waals surface area (Å²) in [6.45, 7) is 9.78. The number of amides is 1. The van der Waals surface area contributed by atoms with Crippen LogP contribution in [-0.2, 0) is 11.3 Å². The van der Waals surface area contributed by atoms with Gasteiger partial charge in [-0.1, -0.05) is 38.1 Å². The van der Waals surface area contributed by atoms with E-state index in [1.807, 2.05) is 65.7 Å². The number of para-hydroxylation sites is 2. The first-order valence-corrected chi connectivity index (χ1v) is 13.5. The maximum absolute atomic E-state index is 13.4. The van der Waals surface area contributed by atoms with Crippen LogP contribution < -0.4 is 14.4 Å². The number of pyridine rings is 2. The molecule has 1 amide bonds. The Morgan fingerprint density at radius 2 is 1.66 bits per heavy atom. The number of carbonyl (C=O) groups is 1. The second kappa shape index (κ2) is 11.8. The zero-order valence-electron chi connectivity index (χ0n) is 22.4. The van der Waals surface area contributed by atoms with E-state index >= 15 is 0 Å². The fourth-order valence-electron chi connectivity index (χ4n) is 4.99. The van der Waals surface area contributed by atoms with Crippen molar-refractivity contribution in [3.05, 3.63) is 72.6 Å². The summed E-state index contributed by atoms with van der Waals surface area (Å²) in [4.78, 5) is 28.9. The molecule has 0 spiro atoms. The summed E-state index contributed by atoms with van der Waals surface area (Å²) in [5.74, 6) is 3.04. The van der Waals surface area contributed by atoms with Gasteiger partial charge < -0.3 is 19.3 Å². The zero-order chi connectivity index (χ0) is 26.4. The van der Waals surface area contributed by atoms with E-state index in [-0.39, 0.29) is 11.3 Å². The van der Waals surface area contributed by atoms with Crippen LogP contribution >= 0.6 is 0 Å². The van der Waals surface area contributed by atoms with Crippen LogP contribution in [0.1, 0.15) is 32.3 Å². The average molecular weight is 516 g/mol. The minimum Gasteiger partial charge on any atom is -0.489 e. The molecule has 2 aromatic heterocycles. The van der Waals surface area contributed by atoms with Crippen molar-refractivity contribution < 1.29 is 14.3 Å². The first-order chi connectivity index (χ1) is 18.5. The third-order valence-electron chi connectivity index (χ3n) is 7.21. The third-order valence-corrected chi connectivity index (χ3v) is 7.21. The van der Waals surface area contributed by atoms with Crippen LogP contribution in [0.15, 0.2) is 67.0 Å². The smallest absolute Gasteiger partial charge is 0.236 e. The molecule has 0 radical (unpaired) electrons. The SMILES string of the molecule is CC1(C)CCCN(CC(=O)N2CCN(c3ccccn3)CC2)Cc2cccnc2Oc2ccccc2OC1. The lowest BCUT2D eigenvalue weighted by Gasteiger charge is -2.36. The molecule has 5 rings (SSSR count). The standard InChI is InChI=1S/C30H37N5O3/c1-30(2)13-8-16-33(22-28(36)35-19-17-34(18-20-35)27-12-5-6-14-31-27)21-24-9-7-15-32-29(24)38-26-11-4-3-10-25(26)37-23-30/h3-7,9-12,14-15H,8,13,16-23H2,1-2H3. The Balaban J connectivity index is 1.30. The number of fused-ring (bicyclic) bond motifs is 2. The second-order valence-electron chi connectivity index (χ2n) is 10.8. The number of anilines is 1. The van der Waals surface area contributed by atoms with Crippen LogP contribution in [-0.4, -0.2) is 71.6 Å². The number of piperazine rings is 1. The fraction of sp³-hybridized carbons (Fsp3) is 0.433. The molecule has 1 aromatic carbocycles.